The van der Waals surface area contributed by atoms with E-state index in [2.05, 4.69) is 16.7 Å². The van der Waals surface area contributed by atoms with Gasteiger partial charge in [-0.15, -0.1) is 11.3 Å². The third kappa shape index (κ3) is 6.44. The standard InChI is InChI=1S/C26H33N3O4S/c1-17(19-5-3-2-4-6-19)13-24(30)29-25-22(15-27)21-8-7-20(14-23(21)34-25)33-26(31)28-16-18-9-11-32-12-10-18/h2-6,17-18,20,26,28,31H,7-14,16H2,1H3,(H,29,30). The monoisotopic (exact) mass is 483 g/mol. The lowest BCUT2D eigenvalue weighted by Crippen LogP contribution is -2.40. The van der Waals surface area contributed by atoms with Crippen LogP contribution < -0.4 is 10.6 Å². The number of rotatable bonds is 9. The van der Waals surface area contributed by atoms with Gasteiger partial charge in [0.2, 0.25) is 12.3 Å². The van der Waals surface area contributed by atoms with E-state index in [-0.39, 0.29) is 17.9 Å². The summed E-state index contributed by atoms with van der Waals surface area (Å²) in [7, 11) is 0. The van der Waals surface area contributed by atoms with Crippen LogP contribution in [0.5, 0.6) is 0 Å². The normalized spacial score (nSPS) is 20.2. The molecule has 3 N–H and O–H groups in total. The number of nitriles is 1. The molecule has 182 valence electrons. The maximum atomic E-state index is 12.7. The molecule has 0 radical (unpaired) electrons. The van der Waals surface area contributed by atoms with Gasteiger partial charge < -0.3 is 19.9 Å². The number of fused-ring (bicyclic) bond motifs is 1. The molecule has 34 heavy (non-hydrogen) atoms. The minimum absolute atomic E-state index is 0.0908. The molecule has 1 saturated heterocycles. The molecule has 2 aliphatic rings. The van der Waals surface area contributed by atoms with Crippen molar-refractivity contribution in [1.29, 1.82) is 5.26 Å². The van der Waals surface area contributed by atoms with Crippen LogP contribution in [0.4, 0.5) is 5.00 Å². The van der Waals surface area contributed by atoms with Crippen LogP contribution in [-0.4, -0.2) is 43.3 Å². The Labute approximate surface area is 205 Å². The lowest BCUT2D eigenvalue weighted by molar-refractivity contribution is -0.157. The Morgan fingerprint density at radius 3 is 2.79 bits per heavy atom. The van der Waals surface area contributed by atoms with Crippen LogP contribution in [-0.2, 0) is 27.1 Å². The Kier molecular flexibility index (Phi) is 8.70. The van der Waals surface area contributed by atoms with E-state index in [1.54, 1.807) is 0 Å². The van der Waals surface area contributed by atoms with Crippen molar-refractivity contribution >= 4 is 22.2 Å². The number of ether oxygens (including phenoxy) is 2. The van der Waals surface area contributed by atoms with Gasteiger partial charge >= 0.3 is 0 Å². The molecule has 1 fully saturated rings. The largest absolute Gasteiger partial charge is 0.381 e. The maximum Gasteiger partial charge on any atom is 0.225 e. The summed E-state index contributed by atoms with van der Waals surface area (Å²) in [6.45, 7) is 4.29. The third-order valence-corrected chi connectivity index (χ3v) is 7.86. The number of hydrogen-bond donors (Lipinski definition) is 3. The van der Waals surface area contributed by atoms with Crippen LogP contribution in [0.2, 0.25) is 0 Å². The average molecular weight is 484 g/mol. The molecule has 3 unspecified atom stereocenters. The zero-order valence-electron chi connectivity index (χ0n) is 19.6. The highest BCUT2D eigenvalue weighted by atomic mass is 32.1. The number of aliphatic hydroxyl groups excluding tert-OH is 1. The third-order valence-electron chi connectivity index (χ3n) is 6.69. The zero-order valence-corrected chi connectivity index (χ0v) is 20.4. The molecular weight excluding hydrogens is 450 g/mol. The summed E-state index contributed by atoms with van der Waals surface area (Å²) >= 11 is 1.45. The first-order valence-electron chi connectivity index (χ1n) is 12.1. The quantitative estimate of drug-likeness (QED) is 0.467. The minimum atomic E-state index is -1.01. The van der Waals surface area contributed by atoms with Crippen LogP contribution in [0.25, 0.3) is 0 Å². The van der Waals surface area contributed by atoms with Gasteiger partial charge in [-0.2, -0.15) is 5.26 Å². The molecule has 0 saturated carbocycles. The van der Waals surface area contributed by atoms with Crippen LogP contribution >= 0.6 is 11.3 Å². The second kappa shape index (κ2) is 11.9. The van der Waals surface area contributed by atoms with Crippen molar-refractivity contribution in [2.75, 3.05) is 25.1 Å². The van der Waals surface area contributed by atoms with E-state index in [1.165, 1.54) is 11.3 Å². The van der Waals surface area contributed by atoms with Crippen LogP contribution in [0.15, 0.2) is 30.3 Å². The fourth-order valence-corrected chi connectivity index (χ4v) is 5.96. The number of carbonyl (C=O) groups excluding carboxylic acids is 1. The highest BCUT2D eigenvalue weighted by Gasteiger charge is 2.28. The molecule has 1 aromatic heterocycles. The van der Waals surface area contributed by atoms with Crippen molar-refractivity contribution in [3.8, 4) is 6.07 Å². The molecule has 4 rings (SSSR count). The highest BCUT2D eigenvalue weighted by Crippen LogP contribution is 2.38. The predicted octanol–water partition coefficient (Wildman–Crippen LogP) is 3.92. The van der Waals surface area contributed by atoms with E-state index >= 15 is 0 Å². The van der Waals surface area contributed by atoms with Gasteiger partial charge in [0.1, 0.15) is 11.1 Å². The van der Waals surface area contributed by atoms with E-state index in [4.69, 9.17) is 9.47 Å². The lowest BCUT2D eigenvalue weighted by atomic mass is 9.93. The first-order chi connectivity index (χ1) is 16.5. The minimum Gasteiger partial charge on any atom is -0.381 e. The van der Waals surface area contributed by atoms with E-state index in [9.17, 15) is 15.2 Å². The molecule has 3 atom stereocenters. The number of benzene rings is 1. The van der Waals surface area contributed by atoms with Gasteiger partial charge in [0, 0.05) is 37.5 Å². The number of nitrogens with zero attached hydrogens (tertiary/aromatic N) is 1. The summed E-state index contributed by atoms with van der Waals surface area (Å²) in [5, 5.41) is 26.7. The Morgan fingerprint density at radius 1 is 1.29 bits per heavy atom. The first kappa shape index (κ1) is 24.8. The van der Waals surface area contributed by atoms with Crippen molar-refractivity contribution in [1.82, 2.24) is 5.32 Å². The fourth-order valence-electron chi connectivity index (χ4n) is 4.68. The number of hydrogen-bond acceptors (Lipinski definition) is 7. The van der Waals surface area contributed by atoms with Crippen molar-refractivity contribution in [2.24, 2.45) is 5.92 Å². The van der Waals surface area contributed by atoms with Gasteiger partial charge in [-0.1, -0.05) is 37.3 Å². The maximum absolute atomic E-state index is 12.7. The lowest BCUT2D eigenvalue weighted by Gasteiger charge is -2.27. The van der Waals surface area contributed by atoms with E-state index in [0.717, 1.165) is 48.5 Å². The summed E-state index contributed by atoms with van der Waals surface area (Å²) in [5.74, 6) is 0.498. The molecule has 1 aliphatic carbocycles. The molecule has 1 amide bonds. The van der Waals surface area contributed by atoms with Gasteiger partial charge in [-0.3, -0.25) is 10.1 Å². The highest BCUT2D eigenvalue weighted by molar-refractivity contribution is 7.16. The van der Waals surface area contributed by atoms with Crippen molar-refractivity contribution < 1.29 is 19.4 Å². The molecular formula is C26H33N3O4S. The number of nitrogens with one attached hydrogen (secondary N) is 2. The van der Waals surface area contributed by atoms with Gasteiger partial charge in [0.15, 0.2) is 0 Å². The molecule has 2 aromatic rings. The molecule has 7 nitrogen and oxygen atoms in total. The van der Waals surface area contributed by atoms with E-state index in [0.29, 0.717) is 42.3 Å². The Bertz CT molecular complexity index is 997. The van der Waals surface area contributed by atoms with Gasteiger partial charge in [0.25, 0.3) is 0 Å². The van der Waals surface area contributed by atoms with Crippen molar-refractivity contribution in [2.45, 2.75) is 63.9 Å². The number of aliphatic hydroxyl groups is 1. The average Bonchev–Trinajstić information content (AvgIpc) is 3.19. The summed E-state index contributed by atoms with van der Waals surface area (Å²) in [4.78, 5) is 13.8. The summed E-state index contributed by atoms with van der Waals surface area (Å²) in [6.07, 6.45) is 3.26. The predicted molar refractivity (Wildman–Crippen MR) is 132 cm³/mol. The topological polar surface area (TPSA) is 104 Å². The summed E-state index contributed by atoms with van der Waals surface area (Å²) in [6, 6.07) is 12.2. The van der Waals surface area contributed by atoms with Crippen molar-refractivity contribution in [3.63, 3.8) is 0 Å². The number of thiophene rings is 1. The Balaban J connectivity index is 1.31. The van der Waals surface area contributed by atoms with Crippen LogP contribution in [0, 0.1) is 17.2 Å². The van der Waals surface area contributed by atoms with Gasteiger partial charge in [0.05, 0.1) is 11.7 Å². The molecule has 1 aromatic carbocycles. The molecule has 0 bridgehead atoms. The number of carbonyl (C=O) groups is 1. The molecule has 2 heterocycles. The van der Waals surface area contributed by atoms with Crippen molar-refractivity contribution in [3.05, 3.63) is 51.9 Å². The smallest absolute Gasteiger partial charge is 0.225 e. The van der Waals surface area contributed by atoms with Crippen LogP contribution in [0.1, 0.15) is 60.1 Å². The second-order valence-corrected chi connectivity index (χ2v) is 10.3. The summed E-state index contributed by atoms with van der Waals surface area (Å²) in [5.41, 5.74) is 2.69. The molecule has 1 aliphatic heterocycles. The van der Waals surface area contributed by atoms with Gasteiger partial charge in [-0.05, 0) is 48.6 Å². The Hall–Kier alpha value is -2.28. The number of amides is 1. The molecule has 0 spiro atoms. The summed E-state index contributed by atoms with van der Waals surface area (Å²) < 4.78 is 11.2. The number of anilines is 1. The zero-order chi connectivity index (χ0) is 23.9. The van der Waals surface area contributed by atoms with E-state index in [1.807, 2.05) is 37.3 Å². The van der Waals surface area contributed by atoms with Gasteiger partial charge in [-0.25, -0.2) is 0 Å². The SMILES string of the molecule is CC(CC(=O)Nc1sc2c(c1C#N)CCC(OC(O)NCC1CCOCC1)C2)c1ccccc1. The fraction of sp³-hybridized carbons (Fsp3) is 0.538. The second-order valence-electron chi connectivity index (χ2n) is 9.20. The molecule has 8 heteroatoms. The first-order valence-corrected chi connectivity index (χ1v) is 12.9. The van der Waals surface area contributed by atoms with E-state index < -0.39 is 6.41 Å². The Morgan fingerprint density at radius 2 is 2.06 bits per heavy atom. The van der Waals surface area contributed by atoms with Crippen LogP contribution in [0.3, 0.4) is 0 Å².